The zero-order chi connectivity index (χ0) is 12.7. The predicted octanol–water partition coefficient (Wildman–Crippen LogP) is 2.54. The van der Waals surface area contributed by atoms with Gasteiger partial charge in [0.1, 0.15) is 0 Å². The molecule has 0 spiro atoms. The molecule has 2 heteroatoms. The Labute approximate surface area is 106 Å². The number of nitrogens with zero attached hydrogens (tertiary/aromatic N) is 1. The van der Waals surface area contributed by atoms with E-state index in [0.717, 1.165) is 26.1 Å². The van der Waals surface area contributed by atoms with E-state index in [1.165, 1.54) is 11.1 Å². The molecule has 1 atom stereocenters. The molecule has 2 nitrogen and oxygen atoms in total. The summed E-state index contributed by atoms with van der Waals surface area (Å²) in [7, 11) is 4.21. The highest BCUT2D eigenvalue weighted by atomic mass is 15.1. The van der Waals surface area contributed by atoms with Crippen molar-refractivity contribution >= 4 is 0 Å². The average Bonchev–Trinajstić information content (AvgIpc) is 2.30. The highest BCUT2D eigenvalue weighted by molar-refractivity contribution is 5.22. The van der Waals surface area contributed by atoms with Crippen molar-refractivity contribution in [3.05, 3.63) is 35.4 Å². The average molecular weight is 234 g/mol. The minimum atomic E-state index is 0.694. The van der Waals surface area contributed by atoms with Crippen molar-refractivity contribution in [2.75, 3.05) is 27.2 Å². The monoisotopic (exact) mass is 234 g/mol. The second-order valence-corrected chi connectivity index (χ2v) is 5.03. The van der Waals surface area contributed by atoms with Crippen molar-refractivity contribution in [2.45, 2.75) is 26.8 Å². The highest BCUT2D eigenvalue weighted by Crippen LogP contribution is 2.08. The molecule has 1 unspecified atom stereocenters. The Morgan fingerprint density at radius 3 is 2.29 bits per heavy atom. The van der Waals surface area contributed by atoms with E-state index in [1.54, 1.807) is 0 Å². The molecule has 1 aromatic rings. The largest absolute Gasteiger partial charge is 0.319 e. The molecule has 1 aromatic carbocycles. The van der Waals surface area contributed by atoms with Gasteiger partial charge in [-0.1, -0.05) is 38.1 Å². The molecule has 0 heterocycles. The zero-order valence-corrected chi connectivity index (χ0v) is 11.7. The van der Waals surface area contributed by atoms with Crippen LogP contribution in [0.1, 0.15) is 25.0 Å². The molecule has 0 bridgehead atoms. The van der Waals surface area contributed by atoms with Crippen LogP contribution < -0.4 is 5.32 Å². The van der Waals surface area contributed by atoms with Gasteiger partial charge in [-0.2, -0.15) is 0 Å². The first-order valence-corrected chi connectivity index (χ1v) is 6.56. The second-order valence-electron chi connectivity index (χ2n) is 5.03. The van der Waals surface area contributed by atoms with Crippen molar-refractivity contribution in [3.8, 4) is 0 Å². The molecule has 0 saturated heterocycles. The molecule has 0 aliphatic heterocycles. The molecule has 96 valence electrons. The number of hydrogen-bond acceptors (Lipinski definition) is 2. The summed E-state index contributed by atoms with van der Waals surface area (Å²) in [5.74, 6) is 0.694. The second kappa shape index (κ2) is 7.46. The molecular formula is C15H26N2. The SMILES string of the molecule is CCc1ccc(CN(C)CC(C)CNC)cc1. The summed E-state index contributed by atoms with van der Waals surface area (Å²) in [6.07, 6.45) is 1.12. The molecule has 0 radical (unpaired) electrons. The van der Waals surface area contributed by atoms with Crippen molar-refractivity contribution in [1.29, 1.82) is 0 Å². The topological polar surface area (TPSA) is 15.3 Å². The van der Waals surface area contributed by atoms with Crippen LogP contribution in [-0.2, 0) is 13.0 Å². The Hall–Kier alpha value is -0.860. The maximum Gasteiger partial charge on any atom is 0.0230 e. The summed E-state index contributed by atoms with van der Waals surface area (Å²) in [4.78, 5) is 2.39. The van der Waals surface area contributed by atoms with Gasteiger partial charge in [-0.15, -0.1) is 0 Å². The lowest BCUT2D eigenvalue weighted by Gasteiger charge is -2.21. The van der Waals surface area contributed by atoms with E-state index in [9.17, 15) is 0 Å². The van der Waals surface area contributed by atoms with Crippen molar-refractivity contribution in [1.82, 2.24) is 10.2 Å². The summed E-state index contributed by atoms with van der Waals surface area (Å²) >= 11 is 0. The van der Waals surface area contributed by atoms with Gasteiger partial charge in [-0.25, -0.2) is 0 Å². The Balaban J connectivity index is 2.41. The number of benzene rings is 1. The minimum Gasteiger partial charge on any atom is -0.319 e. The summed E-state index contributed by atoms with van der Waals surface area (Å²) in [5.41, 5.74) is 2.82. The first-order valence-electron chi connectivity index (χ1n) is 6.56. The molecular weight excluding hydrogens is 208 g/mol. The Morgan fingerprint density at radius 1 is 1.18 bits per heavy atom. The van der Waals surface area contributed by atoms with Crippen LogP contribution >= 0.6 is 0 Å². The van der Waals surface area contributed by atoms with Crippen molar-refractivity contribution in [2.24, 2.45) is 5.92 Å². The van der Waals surface area contributed by atoms with Crippen molar-refractivity contribution < 1.29 is 0 Å². The quantitative estimate of drug-likeness (QED) is 0.780. The third-order valence-electron chi connectivity index (χ3n) is 3.06. The fourth-order valence-corrected chi connectivity index (χ4v) is 2.20. The summed E-state index contributed by atoms with van der Waals surface area (Å²) < 4.78 is 0. The Bertz CT molecular complexity index is 305. The van der Waals surface area contributed by atoms with E-state index < -0.39 is 0 Å². The highest BCUT2D eigenvalue weighted by Gasteiger charge is 2.06. The van der Waals surface area contributed by atoms with Crippen LogP contribution in [0.2, 0.25) is 0 Å². The summed E-state index contributed by atoms with van der Waals surface area (Å²) in [6, 6.07) is 8.97. The van der Waals surface area contributed by atoms with E-state index in [0.29, 0.717) is 5.92 Å². The van der Waals surface area contributed by atoms with Crippen LogP contribution in [-0.4, -0.2) is 32.1 Å². The van der Waals surface area contributed by atoms with E-state index in [2.05, 4.69) is 55.4 Å². The maximum absolute atomic E-state index is 3.23. The summed E-state index contributed by atoms with van der Waals surface area (Å²) in [5, 5.41) is 3.23. The normalized spacial score (nSPS) is 13.0. The first-order chi connectivity index (χ1) is 8.15. The van der Waals surface area contributed by atoms with Crippen LogP contribution in [0.15, 0.2) is 24.3 Å². The van der Waals surface area contributed by atoms with Gasteiger partial charge in [0.2, 0.25) is 0 Å². The third-order valence-corrected chi connectivity index (χ3v) is 3.06. The van der Waals surface area contributed by atoms with Gasteiger partial charge < -0.3 is 10.2 Å². The molecule has 1 N–H and O–H groups in total. The molecule has 1 rings (SSSR count). The van der Waals surface area contributed by atoms with E-state index in [-0.39, 0.29) is 0 Å². The Morgan fingerprint density at radius 2 is 1.76 bits per heavy atom. The fraction of sp³-hybridized carbons (Fsp3) is 0.600. The number of nitrogens with one attached hydrogen (secondary N) is 1. The molecule has 0 saturated carbocycles. The van der Waals surface area contributed by atoms with E-state index in [4.69, 9.17) is 0 Å². The van der Waals surface area contributed by atoms with Crippen LogP contribution in [0.4, 0.5) is 0 Å². The lowest BCUT2D eigenvalue weighted by atomic mass is 10.1. The van der Waals surface area contributed by atoms with Gasteiger partial charge in [0.25, 0.3) is 0 Å². The van der Waals surface area contributed by atoms with E-state index >= 15 is 0 Å². The minimum absolute atomic E-state index is 0.694. The molecule has 0 fully saturated rings. The standard InChI is InChI=1S/C15H26N2/c1-5-14-6-8-15(9-7-14)12-17(4)11-13(2)10-16-3/h6-9,13,16H,5,10-12H2,1-4H3. The lowest BCUT2D eigenvalue weighted by molar-refractivity contribution is 0.276. The number of aryl methyl sites for hydroxylation is 1. The van der Waals surface area contributed by atoms with Gasteiger partial charge in [0.05, 0.1) is 0 Å². The zero-order valence-electron chi connectivity index (χ0n) is 11.7. The lowest BCUT2D eigenvalue weighted by Crippen LogP contribution is -2.29. The third kappa shape index (κ3) is 5.33. The molecule has 0 aromatic heterocycles. The Kier molecular flexibility index (Phi) is 6.23. The van der Waals surface area contributed by atoms with Crippen LogP contribution in [0.25, 0.3) is 0 Å². The summed E-state index contributed by atoms with van der Waals surface area (Å²) in [6.45, 7) is 7.74. The predicted molar refractivity (Wildman–Crippen MR) is 75.2 cm³/mol. The van der Waals surface area contributed by atoms with E-state index in [1.807, 2.05) is 7.05 Å². The van der Waals surface area contributed by atoms with Gasteiger partial charge in [0.15, 0.2) is 0 Å². The molecule has 0 aliphatic rings. The van der Waals surface area contributed by atoms with Gasteiger partial charge >= 0.3 is 0 Å². The number of rotatable bonds is 7. The van der Waals surface area contributed by atoms with Crippen LogP contribution in [0, 0.1) is 5.92 Å². The smallest absolute Gasteiger partial charge is 0.0230 e. The molecule has 0 amide bonds. The number of hydrogen-bond donors (Lipinski definition) is 1. The van der Waals surface area contributed by atoms with Gasteiger partial charge in [0, 0.05) is 13.1 Å². The fourth-order valence-electron chi connectivity index (χ4n) is 2.20. The molecule has 17 heavy (non-hydrogen) atoms. The molecule has 0 aliphatic carbocycles. The van der Waals surface area contributed by atoms with Crippen LogP contribution in [0.3, 0.4) is 0 Å². The van der Waals surface area contributed by atoms with Crippen molar-refractivity contribution in [3.63, 3.8) is 0 Å². The van der Waals surface area contributed by atoms with Crippen LogP contribution in [0.5, 0.6) is 0 Å². The maximum atomic E-state index is 3.23. The van der Waals surface area contributed by atoms with Gasteiger partial charge in [-0.05, 0) is 44.1 Å². The first kappa shape index (κ1) is 14.2. The van der Waals surface area contributed by atoms with Gasteiger partial charge in [-0.3, -0.25) is 0 Å².